The Bertz CT molecular complexity index is 249. The molecule has 5 atom stereocenters. The number of carbonyl (C=O) groups excluding carboxylic acids is 1. The third-order valence-corrected chi connectivity index (χ3v) is 2.37. The minimum Gasteiger partial charge on any atom is -0.453 e. The third kappa shape index (κ3) is 2.60. The summed E-state index contributed by atoms with van der Waals surface area (Å²) in [5, 5.41) is 39.4. The maximum Gasteiger partial charge on any atom is 0.407 e. The summed E-state index contributed by atoms with van der Waals surface area (Å²) < 4.78 is 9.08. The zero-order valence-electron chi connectivity index (χ0n) is 8.61. The summed E-state index contributed by atoms with van der Waals surface area (Å²) in [7, 11) is 1.12. The number of hydrogen-bond donors (Lipinski definition) is 5. The molecular weight excluding hydrogens is 222 g/mol. The standard InChI is InChI=1S/C8H15NO7/c1-15-8(14)9-4-6(12)5(11)3(2-10)16-7(4)13/h3-7,10-13H,2H2,1H3,(H,9,14)/t3?,4?,5-,6-,7-/m1/s1. The van der Waals surface area contributed by atoms with E-state index in [1.54, 1.807) is 0 Å². The second-order valence-corrected chi connectivity index (χ2v) is 3.39. The topological polar surface area (TPSA) is 128 Å². The number of ether oxygens (including phenoxy) is 2. The van der Waals surface area contributed by atoms with Gasteiger partial charge in [0.05, 0.1) is 13.7 Å². The van der Waals surface area contributed by atoms with Gasteiger partial charge in [0.25, 0.3) is 0 Å². The number of rotatable bonds is 2. The molecule has 0 saturated carbocycles. The fourth-order valence-electron chi connectivity index (χ4n) is 1.45. The number of carbonyl (C=O) groups is 1. The maximum atomic E-state index is 10.9. The SMILES string of the molecule is COC(=O)NC1[C@H](O)OC(CO)[C@@H](O)[C@@H]1O. The Labute approximate surface area is 91.4 Å². The van der Waals surface area contributed by atoms with E-state index in [-0.39, 0.29) is 0 Å². The van der Waals surface area contributed by atoms with Crippen molar-refractivity contribution >= 4 is 6.09 Å². The molecule has 0 radical (unpaired) electrons. The van der Waals surface area contributed by atoms with Crippen molar-refractivity contribution in [3.63, 3.8) is 0 Å². The smallest absolute Gasteiger partial charge is 0.407 e. The van der Waals surface area contributed by atoms with Crippen LogP contribution in [0.25, 0.3) is 0 Å². The molecule has 1 amide bonds. The lowest BCUT2D eigenvalue weighted by molar-refractivity contribution is -0.253. The van der Waals surface area contributed by atoms with Crippen molar-refractivity contribution in [2.24, 2.45) is 0 Å². The van der Waals surface area contributed by atoms with Crippen LogP contribution in [0.5, 0.6) is 0 Å². The predicted octanol–water partition coefficient (Wildman–Crippen LogP) is -2.86. The van der Waals surface area contributed by atoms with E-state index in [2.05, 4.69) is 10.1 Å². The van der Waals surface area contributed by atoms with Gasteiger partial charge in [-0.05, 0) is 0 Å². The van der Waals surface area contributed by atoms with Crippen LogP contribution >= 0.6 is 0 Å². The van der Waals surface area contributed by atoms with Crippen molar-refractivity contribution in [1.82, 2.24) is 5.32 Å². The van der Waals surface area contributed by atoms with E-state index in [4.69, 9.17) is 9.84 Å². The molecule has 1 saturated heterocycles. The lowest BCUT2D eigenvalue weighted by atomic mass is 9.97. The molecule has 16 heavy (non-hydrogen) atoms. The molecule has 0 spiro atoms. The van der Waals surface area contributed by atoms with E-state index >= 15 is 0 Å². The normalized spacial score (nSPS) is 39.2. The van der Waals surface area contributed by atoms with E-state index in [1.807, 2.05) is 0 Å². The third-order valence-electron chi connectivity index (χ3n) is 2.37. The number of amides is 1. The molecule has 1 heterocycles. The Hall–Kier alpha value is -0.930. The summed E-state index contributed by atoms with van der Waals surface area (Å²) >= 11 is 0. The average Bonchev–Trinajstić information content (AvgIpc) is 2.28. The lowest BCUT2D eigenvalue weighted by Gasteiger charge is -2.39. The van der Waals surface area contributed by atoms with Crippen molar-refractivity contribution in [3.05, 3.63) is 0 Å². The quantitative estimate of drug-likeness (QED) is 0.349. The van der Waals surface area contributed by atoms with Gasteiger partial charge in [-0.2, -0.15) is 0 Å². The molecule has 1 aliphatic rings. The maximum absolute atomic E-state index is 10.9. The van der Waals surface area contributed by atoms with Crippen LogP contribution < -0.4 is 5.32 Å². The fraction of sp³-hybridized carbons (Fsp3) is 0.875. The van der Waals surface area contributed by atoms with Crippen molar-refractivity contribution < 1.29 is 34.7 Å². The van der Waals surface area contributed by atoms with Gasteiger partial charge in [-0.25, -0.2) is 4.79 Å². The van der Waals surface area contributed by atoms with Crippen molar-refractivity contribution in [3.8, 4) is 0 Å². The Balaban J connectivity index is 2.67. The van der Waals surface area contributed by atoms with Gasteiger partial charge < -0.3 is 35.2 Å². The van der Waals surface area contributed by atoms with Crippen molar-refractivity contribution in [2.45, 2.75) is 30.6 Å². The summed E-state index contributed by atoms with van der Waals surface area (Å²) in [6, 6.07) is -1.22. The van der Waals surface area contributed by atoms with Gasteiger partial charge in [-0.3, -0.25) is 0 Å². The van der Waals surface area contributed by atoms with Crippen LogP contribution in [0.1, 0.15) is 0 Å². The molecular formula is C8H15NO7. The summed E-state index contributed by atoms with van der Waals surface area (Å²) in [6.45, 7) is -0.555. The number of hydrogen-bond acceptors (Lipinski definition) is 7. The first-order valence-electron chi connectivity index (χ1n) is 4.66. The van der Waals surface area contributed by atoms with Gasteiger partial charge >= 0.3 is 6.09 Å². The molecule has 1 fully saturated rings. The molecule has 8 nitrogen and oxygen atoms in total. The van der Waals surface area contributed by atoms with Gasteiger partial charge in [0.2, 0.25) is 0 Å². The number of alkyl carbamates (subject to hydrolysis) is 1. The van der Waals surface area contributed by atoms with Gasteiger partial charge in [0, 0.05) is 0 Å². The van der Waals surface area contributed by atoms with Crippen LogP contribution in [0, 0.1) is 0 Å². The number of aliphatic hydroxyl groups excluding tert-OH is 4. The van der Waals surface area contributed by atoms with E-state index in [9.17, 15) is 20.1 Å². The van der Waals surface area contributed by atoms with E-state index in [0.717, 1.165) is 7.11 Å². The molecule has 0 aromatic heterocycles. The number of methoxy groups -OCH3 is 1. The highest BCUT2D eigenvalue weighted by Crippen LogP contribution is 2.19. The summed E-state index contributed by atoms with van der Waals surface area (Å²) in [4.78, 5) is 10.9. The first-order chi connectivity index (χ1) is 7.51. The minimum absolute atomic E-state index is 0.555. The first-order valence-corrected chi connectivity index (χ1v) is 4.66. The molecule has 2 unspecified atom stereocenters. The number of nitrogens with one attached hydrogen (secondary N) is 1. The highest BCUT2D eigenvalue weighted by Gasteiger charge is 2.44. The second-order valence-electron chi connectivity index (χ2n) is 3.39. The van der Waals surface area contributed by atoms with Gasteiger partial charge in [0.1, 0.15) is 24.4 Å². The van der Waals surface area contributed by atoms with Crippen LogP contribution in [0.15, 0.2) is 0 Å². The van der Waals surface area contributed by atoms with Crippen LogP contribution in [0.3, 0.4) is 0 Å². The highest BCUT2D eigenvalue weighted by atomic mass is 16.6. The highest BCUT2D eigenvalue weighted by molar-refractivity contribution is 5.67. The molecule has 0 aromatic rings. The van der Waals surface area contributed by atoms with E-state index in [1.165, 1.54) is 0 Å². The molecule has 94 valence electrons. The van der Waals surface area contributed by atoms with Gasteiger partial charge in [-0.1, -0.05) is 0 Å². The number of aliphatic hydroxyl groups is 4. The summed E-state index contributed by atoms with van der Waals surface area (Å²) in [6.07, 6.45) is -6.37. The van der Waals surface area contributed by atoms with Crippen molar-refractivity contribution in [1.29, 1.82) is 0 Å². The molecule has 1 aliphatic heterocycles. The zero-order chi connectivity index (χ0) is 12.3. The minimum atomic E-state index is -1.53. The van der Waals surface area contributed by atoms with Crippen molar-refractivity contribution in [2.75, 3.05) is 13.7 Å². The summed E-state index contributed by atoms with van der Waals surface area (Å²) in [5.74, 6) is 0. The summed E-state index contributed by atoms with van der Waals surface area (Å²) in [5.41, 5.74) is 0. The van der Waals surface area contributed by atoms with Crippen LogP contribution in [-0.4, -0.2) is 70.9 Å². The molecule has 0 bridgehead atoms. The van der Waals surface area contributed by atoms with Crippen LogP contribution in [0.4, 0.5) is 4.79 Å². The zero-order valence-corrected chi connectivity index (χ0v) is 8.61. The first kappa shape index (κ1) is 13.1. The second kappa shape index (κ2) is 5.41. The Kier molecular flexibility index (Phi) is 4.44. The van der Waals surface area contributed by atoms with E-state index < -0.39 is 43.3 Å². The van der Waals surface area contributed by atoms with Gasteiger partial charge in [-0.15, -0.1) is 0 Å². The molecule has 1 rings (SSSR count). The Morgan fingerprint density at radius 3 is 2.50 bits per heavy atom. The Morgan fingerprint density at radius 2 is 2.00 bits per heavy atom. The molecule has 5 N–H and O–H groups in total. The molecule has 8 heteroatoms. The molecule has 0 aromatic carbocycles. The fourth-order valence-corrected chi connectivity index (χ4v) is 1.45. The Morgan fingerprint density at radius 1 is 1.38 bits per heavy atom. The lowest BCUT2D eigenvalue weighted by Crippen LogP contribution is -2.64. The van der Waals surface area contributed by atoms with Crippen LogP contribution in [-0.2, 0) is 9.47 Å². The monoisotopic (exact) mass is 237 g/mol. The van der Waals surface area contributed by atoms with Gasteiger partial charge in [0.15, 0.2) is 6.29 Å². The molecule has 0 aliphatic carbocycles. The predicted molar refractivity (Wildman–Crippen MR) is 49.3 cm³/mol. The largest absolute Gasteiger partial charge is 0.453 e. The van der Waals surface area contributed by atoms with Crippen LogP contribution in [0.2, 0.25) is 0 Å². The average molecular weight is 237 g/mol. The van der Waals surface area contributed by atoms with E-state index in [0.29, 0.717) is 0 Å².